The molecule has 0 radical (unpaired) electrons. The van der Waals surface area contributed by atoms with Crippen molar-refractivity contribution in [3.8, 4) is 0 Å². The second kappa shape index (κ2) is 10.2. The minimum Gasteiger partial charge on any atom is -0.360 e. The number of carbonyl (C=O) groups excluding carboxylic acids is 2. The maximum absolute atomic E-state index is 12.5. The van der Waals surface area contributed by atoms with Gasteiger partial charge in [0.1, 0.15) is 5.76 Å². The predicted molar refractivity (Wildman–Crippen MR) is 112 cm³/mol. The van der Waals surface area contributed by atoms with Gasteiger partial charge in [0, 0.05) is 51.6 Å². The molecule has 29 heavy (non-hydrogen) atoms. The van der Waals surface area contributed by atoms with Crippen molar-refractivity contribution in [2.75, 3.05) is 38.0 Å². The Bertz CT molecular complexity index is 808. The molecule has 7 heteroatoms. The van der Waals surface area contributed by atoms with Crippen LogP contribution in [-0.4, -0.2) is 59.5 Å². The first kappa shape index (κ1) is 21.0. The van der Waals surface area contributed by atoms with Crippen LogP contribution in [-0.2, 0) is 22.4 Å². The number of anilines is 1. The van der Waals surface area contributed by atoms with Gasteiger partial charge in [-0.1, -0.05) is 36.3 Å². The fraction of sp³-hybridized carbons (Fsp3) is 0.500. The minimum atomic E-state index is -0.0779. The van der Waals surface area contributed by atoms with Crippen LogP contribution >= 0.6 is 0 Å². The molecule has 1 N–H and O–H groups in total. The van der Waals surface area contributed by atoms with Gasteiger partial charge in [-0.25, -0.2) is 0 Å². The Hall–Kier alpha value is -2.67. The van der Waals surface area contributed by atoms with Crippen LogP contribution in [0.4, 0.5) is 5.82 Å². The molecule has 1 fully saturated rings. The van der Waals surface area contributed by atoms with Crippen molar-refractivity contribution in [1.29, 1.82) is 0 Å². The van der Waals surface area contributed by atoms with E-state index in [4.69, 9.17) is 4.52 Å². The Balaban J connectivity index is 1.33. The molecule has 1 aliphatic rings. The lowest BCUT2D eigenvalue weighted by molar-refractivity contribution is -0.133. The summed E-state index contributed by atoms with van der Waals surface area (Å²) in [6, 6.07) is 10.2. The summed E-state index contributed by atoms with van der Waals surface area (Å²) in [5.74, 6) is 1.25. The number of carbonyl (C=O) groups is 2. The Kier molecular flexibility index (Phi) is 7.41. The molecule has 1 aromatic heterocycles. The third-order valence-electron chi connectivity index (χ3n) is 5.33. The van der Waals surface area contributed by atoms with E-state index in [0.717, 1.165) is 39.0 Å². The van der Waals surface area contributed by atoms with E-state index in [2.05, 4.69) is 46.6 Å². The van der Waals surface area contributed by atoms with Gasteiger partial charge in [0.25, 0.3) is 0 Å². The van der Waals surface area contributed by atoms with Crippen LogP contribution in [0.5, 0.6) is 0 Å². The van der Waals surface area contributed by atoms with E-state index in [1.807, 2.05) is 4.90 Å². The molecule has 156 valence electrons. The van der Waals surface area contributed by atoms with Gasteiger partial charge in [-0.3, -0.25) is 14.5 Å². The molecule has 1 saturated heterocycles. The highest BCUT2D eigenvalue weighted by atomic mass is 16.5. The lowest BCUT2D eigenvalue weighted by Crippen LogP contribution is -2.49. The summed E-state index contributed by atoms with van der Waals surface area (Å²) in [4.78, 5) is 28.7. The van der Waals surface area contributed by atoms with Crippen LogP contribution in [0.2, 0.25) is 0 Å². The van der Waals surface area contributed by atoms with Crippen molar-refractivity contribution in [3.63, 3.8) is 0 Å². The maximum Gasteiger partial charge on any atom is 0.226 e. The Morgan fingerprint density at radius 1 is 1.07 bits per heavy atom. The van der Waals surface area contributed by atoms with E-state index in [1.54, 1.807) is 13.0 Å². The first-order chi connectivity index (χ1) is 14.0. The van der Waals surface area contributed by atoms with Gasteiger partial charge in [0.2, 0.25) is 11.8 Å². The van der Waals surface area contributed by atoms with Gasteiger partial charge >= 0.3 is 0 Å². The average Bonchev–Trinajstić information content (AvgIpc) is 3.15. The summed E-state index contributed by atoms with van der Waals surface area (Å²) in [7, 11) is 0. The fourth-order valence-electron chi connectivity index (χ4n) is 3.46. The number of hydrogen-bond donors (Lipinski definition) is 1. The third-order valence-corrected chi connectivity index (χ3v) is 5.33. The summed E-state index contributed by atoms with van der Waals surface area (Å²) in [5, 5.41) is 6.50. The topological polar surface area (TPSA) is 78.7 Å². The molecule has 0 saturated carbocycles. The van der Waals surface area contributed by atoms with Gasteiger partial charge in [0.15, 0.2) is 5.82 Å². The highest BCUT2D eigenvalue weighted by Crippen LogP contribution is 2.11. The molecule has 1 aliphatic heterocycles. The number of piperazine rings is 1. The summed E-state index contributed by atoms with van der Waals surface area (Å²) < 4.78 is 4.94. The van der Waals surface area contributed by atoms with Crippen molar-refractivity contribution in [2.45, 2.75) is 39.5 Å². The molecule has 3 rings (SSSR count). The number of rotatable bonds is 8. The van der Waals surface area contributed by atoms with E-state index in [0.29, 0.717) is 31.0 Å². The van der Waals surface area contributed by atoms with E-state index in [-0.39, 0.29) is 11.8 Å². The third kappa shape index (κ3) is 6.42. The second-order valence-corrected chi connectivity index (χ2v) is 7.51. The number of benzene rings is 1. The maximum atomic E-state index is 12.5. The normalized spacial score (nSPS) is 14.8. The molecule has 0 atom stereocenters. The lowest BCUT2D eigenvalue weighted by atomic mass is 10.1. The van der Waals surface area contributed by atoms with Crippen molar-refractivity contribution in [1.82, 2.24) is 15.0 Å². The number of aromatic nitrogens is 1. The van der Waals surface area contributed by atoms with E-state index in [1.165, 1.54) is 11.1 Å². The molecule has 0 aliphatic carbocycles. The second-order valence-electron chi connectivity index (χ2n) is 7.51. The molecule has 0 spiro atoms. The minimum absolute atomic E-state index is 0.0779. The summed E-state index contributed by atoms with van der Waals surface area (Å²) >= 11 is 0. The number of nitrogens with zero attached hydrogens (tertiary/aromatic N) is 3. The zero-order chi connectivity index (χ0) is 20.6. The Labute approximate surface area is 172 Å². The average molecular weight is 399 g/mol. The number of aryl methyl sites for hydroxylation is 3. The van der Waals surface area contributed by atoms with E-state index < -0.39 is 0 Å². The zero-order valence-corrected chi connectivity index (χ0v) is 17.3. The first-order valence-corrected chi connectivity index (χ1v) is 10.3. The molecule has 1 aromatic carbocycles. The number of amides is 2. The zero-order valence-electron chi connectivity index (χ0n) is 17.3. The van der Waals surface area contributed by atoms with E-state index in [9.17, 15) is 9.59 Å². The van der Waals surface area contributed by atoms with Gasteiger partial charge in [-0.05, 0) is 30.9 Å². The van der Waals surface area contributed by atoms with Gasteiger partial charge < -0.3 is 14.7 Å². The van der Waals surface area contributed by atoms with Crippen molar-refractivity contribution >= 4 is 17.6 Å². The van der Waals surface area contributed by atoms with Crippen LogP contribution in [0, 0.1) is 6.92 Å². The predicted octanol–water partition coefficient (Wildman–Crippen LogP) is 2.65. The van der Waals surface area contributed by atoms with Crippen LogP contribution in [0.25, 0.3) is 0 Å². The molecular weight excluding hydrogens is 368 g/mol. The molecular formula is C22H30N4O3. The van der Waals surface area contributed by atoms with Crippen molar-refractivity contribution < 1.29 is 14.1 Å². The summed E-state index contributed by atoms with van der Waals surface area (Å²) in [6.07, 6.45) is 2.76. The number of nitrogens with one attached hydrogen (secondary N) is 1. The van der Waals surface area contributed by atoms with Gasteiger partial charge in [-0.2, -0.15) is 0 Å². The standard InChI is InChI=1S/C22H30N4O3/c1-3-18-4-6-19(7-5-18)8-9-22(28)26-14-12-25(13-15-26)11-10-21(27)23-20-16-17(2)29-24-20/h4-7,16H,3,8-15H2,1-2H3,(H,23,24,27). The molecule has 2 amide bonds. The van der Waals surface area contributed by atoms with Crippen LogP contribution in [0.3, 0.4) is 0 Å². The van der Waals surface area contributed by atoms with Crippen LogP contribution in [0.1, 0.15) is 36.7 Å². The molecule has 2 heterocycles. The fourth-order valence-corrected chi connectivity index (χ4v) is 3.46. The molecule has 0 bridgehead atoms. The van der Waals surface area contributed by atoms with Crippen LogP contribution in [0.15, 0.2) is 34.9 Å². The monoisotopic (exact) mass is 398 g/mol. The summed E-state index contributed by atoms with van der Waals surface area (Å²) in [6.45, 7) is 7.64. The molecule has 7 nitrogen and oxygen atoms in total. The first-order valence-electron chi connectivity index (χ1n) is 10.3. The highest BCUT2D eigenvalue weighted by molar-refractivity contribution is 5.89. The lowest BCUT2D eigenvalue weighted by Gasteiger charge is -2.34. The largest absolute Gasteiger partial charge is 0.360 e. The summed E-state index contributed by atoms with van der Waals surface area (Å²) in [5.41, 5.74) is 2.53. The van der Waals surface area contributed by atoms with Gasteiger partial charge in [0.05, 0.1) is 0 Å². The van der Waals surface area contributed by atoms with E-state index >= 15 is 0 Å². The smallest absolute Gasteiger partial charge is 0.226 e. The van der Waals surface area contributed by atoms with Gasteiger partial charge in [-0.15, -0.1) is 0 Å². The molecule has 2 aromatic rings. The SMILES string of the molecule is CCc1ccc(CCC(=O)N2CCN(CCC(=O)Nc3cc(C)on3)CC2)cc1. The Morgan fingerprint density at radius 3 is 2.38 bits per heavy atom. The van der Waals surface area contributed by atoms with Crippen LogP contribution < -0.4 is 5.32 Å². The molecule has 0 unspecified atom stereocenters. The van der Waals surface area contributed by atoms with Crippen molar-refractivity contribution in [2.24, 2.45) is 0 Å². The Morgan fingerprint density at radius 2 is 1.76 bits per heavy atom. The quantitative estimate of drug-likeness (QED) is 0.740. The number of hydrogen-bond acceptors (Lipinski definition) is 5. The highest BCUT2D eigenvalue weighted by Gasteiger charge is 2.21. The van der Waals surface area contributed by atoms with Crippen molar-refractivity contribution in [3.05, 3.63) is 47.2 Å².